The zero-order valence-corrected chi connectivity index (χ0v) is 10.5. The zero-order chi connectivity index (χ0) is 14.0. The Morgan fingerprint density at radius 2 is 1.95 bits per heavy atom. The fourth-order valence-electron chi connectivity index (χ4n) is 2.32. The van der Waals surface area contributed by atoms with E-state index in [-0.39, 0.29) is 13.1 Å². The third-order valence-corrected chi connectivity index (χ3v) is 3.26. The minimum atomic E-state index is -4.80. The molecule has 1 aromatic rings. The van der Waals surface area contributed by atoms with Gasteiger partial charge in [0.1, 0.15) is 5.75 Å². The molecule has 0 bridgehead atoms. The summed E-state index contributed by atoms with van der Waals surface area (Å²) in [6, 6.07) is 5.44. The van der Waals surface area contributed by atoms with Gasteiger partial charge in [-0.1, -0.05) is 12.1 Å². The predicted octanol–water partition coefficient (Wildman–Crippen LogP) is 2.18. The van der Waals surface area contributed by atoms with E-state index in [0.29, 0.717) is 18.6 Å². The molecule has 6 heteroatoms. The van der Waals surface area contributed by atoms with Gasteiger partial charge in [-0.25, -0.2) is 0 Å². The topological polar surface area (TPSA) is 29.5 Å². The molecule has 0 spiro atoms. The maximum absolute atomic E-state index is 12.4. The molecule has 0 aliphatic carbocycles. The van der Waals surface area contributed by atoms with Crippen LogP contribution < -0.4 is 4.74 Å². The first-order valence-corrected chi connectivity index (χ1v) is 5.94. The Morgan fingerprint density at radius 1 is 1.26 bits per heavy atom. The van der Waals surface area contributed by atoms with E-state index in [4.69, 9.17) is 4.74 Å². The van der Waals surface area contributed by atoms with E-state index in [1.54, 1.807) is 12.1 Å². The number of fused-ring (bicyclic) bond motifs is 1. The van der Waals surface area contributed by atoms with Crippen LogP contribution in [-0.2, 0) is 17.6 Å². The number of halogens is 3. The van der Waals surface area contributed by atoms with E-state index in [1.807, 2.05) is 6.07 Å². The van der Waals surface area contributed by atoms with Gasteiger partial charge in [0.05, 0.1) is 7.11 Å². The van der Waals surface area contributed by atoms with Crippen molar-refractivity contribution in [1.29, 1.82) is 0 Å². The number of alkyl halides is 3. The fraction of sp³-hybridized carbons (Fsp3) is 0.462. The largest absolute Gasteiger partial charge is 0.496 e. The van der Waals surface area contributed by atoms with Crippen LogP contribution in [0.25, 0.3) is 0 Å². The molecular weight excluding hydrogens is 259 g/mol. The number of benzene rings is 1. The Balaban J connectivity index is 2.20. The number of ether oxygens (including phenoxy) is 1. The molecule has 1 amide bonds. The number of nitrogens with zero attached hydrogens (tertiary/aromatic N) is 1. The Hall–Kier alpha value is -1.72. The molecule has 0 N–H and O–H groups in total. The molecule has 0 saturated heterocycles. The molecule has 0 radical (unpaired) electrons. The van der Waals surface area contributed by atoms with E-state index < -0.39 is 12.1 Å². The highest BCUT2D eigenvalue weighted by atomic mass is 19.4. The van der Waals surface area contributed by atoms with Crippen molar-refractivity contribution in [1.82, 2.24) is 4.90 Å². The average molecular weight is 273 g/mol. The summed E-state index contributed by atoms with van der Waals surface area (Å²) in [4.78, 5) is 12.1. The molecule has 2 rings (SSSR count). The fourth-order valence-corrected chi connectivity index (χ4v) is 2.32. The quantitative estimate of drug-likeness (QED) is 0.785. The van der Waals surface area contributed by atoms with Crippen LogP contribution in [0.3, 0.4) is 0 Å². The van der Waals surface area contributed by atoms with Crippen LogP contribution >= 0.6 is 0 Å². The molecule has 0 fully saturated rings. The summed E-state index contributed by atoms with van der Waals surface area (Å²) in [6.45, 7) is 0.143. The molecule has 1 aliphatic heterocycles. The zero-order valence-electron chi connectivity index (χ0n) is 10.5. The van der Waals surface area contributed by atoms with Crippen LogP contribution in [-0.4, -0.2) is 37.2 Å². The van der Waals surface area contributed by atoms with Crippen molar-refractivity contribution in [3.8, 4) is 5.75 Å². The first-order chi connectivity index (χ1) is 8.93. The lowest BCUT2D eigenvalue weighted by Crippen LogP contribution is -2.42. The highest BCUT2D eigenvalue weighted by Gasteiger charge is 2.42. The van der Waals surface area contributed by atoms with Gasteiger partial charge in [-0.05, 0) is 30.0 Å². The van der Waals surface area contributed by atoms with Gasteiger partial charge in [0.2, 0.25) is 0 Å². The van der Waals surface area contributed by atoms with E-state index in [2.05, 4.69) is 0 Å². The van der Waals surface area contributed by atoms with Crippen LogP contribution in [0, 0.1) is 0 Å². The minimum Gasteiger partial charge on any atom is -0.496 e. The number of hydrogen-bond donors (Lipinski definition) is 0. The Bertz CT molecular complexity index is 485. The summed E-state index contributed by atoms with van der Waals surface area (Å²) < 4.78 is 42.5. The van der Waals surface area contributed by atoms with Gasteiger partial charge in [-0.3, -0.25) is 4.79 Å². The summed E-state index contributed by atoms with van der Waals surface area (Å²) in [5.74, 6) is -1.10. The lowest BCUT2D eigenvalue weighted by atomic mass is 10.0. The van der Waals surface area contributed by atoms with Crippen molar-refractivity contribution in [2.24, 2.45) is 0 Å². The molecular formula is C13H14F3NO2. The minimum absolute atomic E-state index is 0.0612. The highest BCUT2D eigenvalue weighted by Crippen LogP contribution is 2.27. The number of carbonyl (C=O) groups excluding carboxylic acids is 1. The standard InChI is InChI=1S/C13H14F3NO2/c1-19-11-4-2-3-9-5-7-17(8-6-10(9)11)12(18)13(14,15)16/h2-4H,5-8H2,1H3. The maximum atomic E-state index is 12.4. The van der Waals surface area contributed by atoms with Gasteiger partial charge in [0.25, 0.3) is 0 Å². The molecule has 1 aliphatic rings. The van der Waals surface area contributed by atoms with E-state index in [1.165, 1.54) is 7.11 Å². The number of rotatable bonds is 1. The van der Waals surface area contributed by atoms with Crippen molar-refractivity contribution >= 4 is 5.91 Å². The van der Waals surface area contributed by atoms with Crippen molar-refractivity contribution in [2.75, 3.05) is 20.2 Å². The second-order valence-corrected chi connectivity index (χ2v) is 4.39. The Morgan fingerprint density at radius 3 is 2.58 bits per heavy atom. The number of carbonyl (C=O) groups is 1. The number of amides is 1. The molecule has 0 saturated carbocycles. The second-order valence-electron chi connectivity index (χ2n) is 4.39. The summed E-state index contributed by atoms with van der Waals surface area (Å²) in [7, 11) is 1.53. The number of methoxy groups -OCH3 is 1. The van der Waals surface area contributed by atoms with Crippen molar-refractivity contribution < 1.29 is 22.7 Å². The van der Waals surface area contributed by atoms with Crippen LogP contribution in [0.4, 0.5) is 13.2 Å². The van der Waals surface area contributed by atoms with Crippen molar-refractivity contribution in [3.05, 3.63) is 29.3 Å². The molecule has 3 nitrogen and oxygen atoms in total. The van der Waals surface area contributed by atoms with E-state index in [0.717, 1.165) is 16.0 Å². The van der Waals surface area contributed by atoms with Gasteiger partial charge in [-0.2, -0.15) is 13.2 Å². The molecule has 0 unspecified atom stereocenters. The van der Waals surface area contributed by atoms with Gasteiger partial charge >= 0.3 is 12.1 Å². The molecule has 0 atom stereocenters. The first kappa shape index (κ1) is 13.7. The van der Waals surface area contributed by atoms with Gasteiger partial charge in [0, 0.05) is 13.1 Å². The SMILES string of the molecule is COc1cccc2c1CCN(C(=O)C(F)(F)F)CC2. The van der Waals surface area contributed by atoms with Crippen LogP contribution in [0.15, 0.2) is 18.2 Å². The third-order valence-electron chi connectivity index (χ3n) is 3.26. The summed E-state index contributed by atoms with van der Waals surface area (Å²) in [5, 5.41) is 0. The smallest absolute Gasteiger partial charge is 0.471 e. The summed E-state index contributed by atoms with van der Waals surface area (Å²) in [6.07, 6.45) is -4.02. The van der Waals surface area contributed by atoms with E-state index >= 15 is 0 Å². The van der Waals surface area contributed by atoms with Crippen molar-refractivity contribution in [2.45, 2.75) is 19.0 Å². The lowest BCUT2D eigenvalue weighted by Gasteiger charge is -2.21. The van der Waals surface area contributed by atoms with E-state index in [9.17, 15) is 18.0 Å². The van der Waals surface area contributed by atoms with Crippen LogP contribution in [0.2, 0.25) is 0 Å². The van der Waals surface area contributed by atoms with Gasteiger partial charge in [-0.15, -0.1) is 0 Å². The van der Waals surface area contributed by atoms with Gasteiger partial charge in [0.15, 0.2) is 0 Å². The number of hydrogen-bond acceptors (Lipinski definition) is 2. The average Bonchev–Trinajstić information content (AvgIpc) is 2.58. The molecule has 104 valence electrons. The second kappa shape index (κ2) is 5.11. The third kappa shape index (κ3) is 2.83. The predicted molar refractivity (Wildman–Crippen MR) is 63.0 cm³/mol. The van der Waals surface area contributed by atoms with Gasteiger partial charge < -0.3 is 9.64 Å². The van der Waals surface area contributed by atoms with Crippen LogP contribution in [0.5, 0.6) is 5.75 Å². The molecule has 19 heavy (non-hydrogen) atoms. The highest BCUT2D eigenvalue weighted by molar-refractivity contribution is 5.82. The molecule has 0 aromatic heterocycles. The monoisotopic (exact) mass is 273 g/mol. The summed E-state index contributed by atoms with van der Waals surface area (Å²) in [5.41, 5.74) is 1.83. The maximum Gasteiger partial charge on any atom is 0.471 e. The Kier molecular flexibility index (Phi) is 3.68. The van der Waals surface area contributed by atoms with Crippen LogP contribution in [0.1, 0.15) is 11.1 Å². The first-order valence-electron chi connectivity index (χ1n) is 5.94. The lowest BCUT2D eigenvalue weighted by molar-refractivity contribution is -0.185. The van der Waals surface area contributed by atoms with Crippen molar-refractivity contribution in [3.63, 3.8) is 0 Å². The summed E-state index contributed by atoms with van der Waals surface area (Å²) >= 11 is 0. The normalized spacial score (nSPS) is 15.7. The molecule has 1 heterocycles. The Labute approximate surface area is 109 Å². The molecule has 1 aromatic carbocycles.